The maximum Gasteiger partial charge on any atom is 0.267 e. The van der Waals surface area contributed by atoms with Crippen molar-refractivity contribution >= 4 is 32.9 Å². The molecule has 9 heteroatoms. The summed E-state index contributed by atoms with van der Waals surface area (Å²) in [6, 6.07) is 3.74. The average molecular weight is 329 g/mol. The van der Waals surface area contributed by atoms with Crippen LogP contribution in [0.25, 0.3) is 0 Å². The molecule has 0 aliphatic carbocycles. The zero-order valence-electron chi connectivity index (χ0n) is 11.2. The topological polar surface area (TPSA) is 98.2 Å². The first-order chi connectivity index (χ1) is 9.72. The first-order valence-electron chi connectivity index (χ1n) is 5.77. The van der Waals surface area contributed by atoms with Crippen molar-refractivity contribution in [2.45, 2.75) is 18.7 Å². The van der Waals surface area contributed by atoms with Crippen molar-refractivity contribution in [1.82, 2.24) is 5.16 Å². The number of nitrogens with two attached hydrogens (primary N) is 1. The lowest BCUT2D eigenvalue weighted by atomic mass is 10.2. The number of hydrogen-bond acceptors (Lipinski definition) is 5. The summed E-state index contributed by atoms with van der Waals surface area (Å²) in [5.74, 6) is -0.657. The van der Waals surface area contributed by atoms with Gasteiger partial charge in [0.25, 0.3) is 10.0 Å². The molecule has 1 aromatic heterocycles. The van der Waals surface area contributed by atoms with E-state index in [1.165, 1.54) is 26.0 Å². The molecule has 3 N–H and O–H groups in total. The fourth-order valence-electron chi connectivity index (χ4n) is 1.81. The van der Waals surface area contributed by atoms with Gasteiger partial charge >= 0.3 is 0 Å². The van der Waals surface area contributed by atoms with Crippen molar-refractivity contribution in [3.05, 3.63) is 41.0 Å². The first kappa shape index (κ1) is 15.4. The molecule has 2 rings (SSSR count). The smallest absolute Gasteiger partial charge is 0.267 e. The largest absolute Gasteiger partial charge is 0.389 e. The SMILES string of the molecule is Cc1noc(C)c1S(=O)(=O)Nc1ccc(C(N)=S)cc1F. The maximum absolute atomic E-state index is 13.9. The average Bonchev–Trinajstić information content (AvgIpc) is 2.71. The summed E-state index contributed by atoms with van der Waals surface area (Å²) in [6.45, 7) is 2.94. The van der Waals surface area contributed by atoms with Gasteiger partial charge in [-0.25, -0.2) is 12.8 Å². The molecule has 0 fully saturated rings. The molecule has 112 valence electrons. The van der Waals surface area contributed by atoms with Crippen LogP contribution in [0.15, 0.2) is 27.6 Å². The first-order valence-corrected chi connectivity index (χ1v) is 7.66. The molecule has 0 unspecified atom stereocenters. The summed E-state index contributed by atoms with van der Waals surface area (Å²) in [7, 11) is -4.00. The normalized spacial score (nSPS) is 11.4. The van der Waals surface area contributed by atoms with E-state index in [-0.39, 0.29) is 27.0 Å². The molecule has 2 aromatic rings. The molecule has 0 radical (unpaired) electrons. The minimum Gasteiger partial charge on any atom is -0.389 e. The Bertz CT molecular complexity index is 796. The maximum atomic E-state index is 13.9. The number of halogens is 1. The minimum absolute atomic E-state index is 0.0223. The number of nitrogens with one attached hydrogen (secondary N) is 1. The second-order valence-corrected chi connectivity index (χ2v) is 6.38. The molecular formula is C12H12FN3O3S2. The van der Waals surface area contributed by atoms with Crippen molar-refractivity contribution in [1.29, 1.82) is 0 Å². The Morgan fingerprint density at radius 1 is 1.43 bits per heavy atom. The summed E-state index contributed by atoms with van der Waals surface area (Å²) in [5.41, 5.74) is 5.67. The van der Waals surface area contributed by atoms with Crippen LogP contribution in [0, 0.1) is 19.7 Å². The van der Waals surface area contributed by atoms with Crippen molar-refractivity contribution in [3.63, 3.8) is 0 Å². The second-order valence-electron chi connectivity index (χ2n) is 4.32. The van der Waals surface area contributed by atoms with E-state index in [1.807, 2.05) is 0 Å². The van der Waals surface area contributed by atoms with E-state index in [9.17, 15) is 12.8 Å². The quantitative estimate of drug-likeness (QED) is 0.831. The Labute approximate surface area is 126 Å². The lowest BCUT2D eigenvalue weighted by Crippen LogP contribution is -2.16. The number of aromatic nitrogens is 1. The van der Waals surface area contributed by atoms with Gasteiger partial charge in [-0.15, -0.1) is 0 Å². The van der Waals surface area contributed by atoms with E-state index in [4.69, 9.17) is 22.5 Å². The van der Waals surface area contributed by atoms with Gasteiger partial charge in [-0.05, 0) is 32.0 Å². The molecule has 1 aromatic carbocycles. The fourth-order valence-corrected chi connectivity index (χ4v) is 3.33. The standard InChI is InChI=1S/C12H12FN3O3S2/c1-6-11(7(2)19-15-6)21(17,18)16-10-4-3-8(12(14)20)5-9(10)13/h3-5,16H,1-2H3,(H2,14,20). The van der Waals surface area contributed by atoms with Crippen LogP contribution in [0.4, 0.5) is 10.1 Å². The molecule has 0 bridgehead atoms. The molecule has 0 spiro atoms. The van der Waals surface area contributed by atoms with Crippen molar-refractivity contribution in [3.8, 4) is 0 Å². The van der Waals surface area contributed by atoms with E-state index in [1.54, 1.807) is 0 Å². The summed E-state index contributed by atoms with van der Waals surface area (Å²) in [4.78, 5) is -0.0886. The van der Waals surface area contributed by atoms with Crippen LogP contribution in [0.2, 0.25) is 0 Å². The van der Waals surface area contributed by atoms with Crippen LogP contribution >= 0.6 is 12.2 Å². The van der Waals surface area contributed by atoms with E-state index in [2.05, 4.69) is 9.88 Å². The zero-order chi connectivity index (χ0) is 15.8. The number of nitrogens with zero attached hydrogens (tertiary/aromatic N) is 1. The van der Waals surface area contributed by atoms with Crippen LogP contribution in [-0.2, 0) is 10.0 Å². The number of benzene rings is 1. The third-order valence-corrected chi connectivity index (χ3v) is 4.58. The number of aryl methyl sites for hydroxylation is 2. The predicted octanol–water partition coefficient (Wildman–Crippen LogP) is 1.87. The molecule has 0 aliphatic rings. The van der Waals surface area contributed by atoms with Gasteiger partial charge in [-0.2, -0.15) is 0 Å². The highest BCUT2D eigenvalue weighted by Gasteiger charge is 2.25. The predicted molar refractivity (Wildman–Crippen MR) is 79.1 cm³/mol. The summed E-state index contributed by atoms with van der Waals surface area (Å²) in [6.07, 6.45) is 0. The van der Waals surface area contributed by atoms with Gasteiger partial charge in [-0.1, -0.05) is 17.4 Å². The third-order valence-electron chi connectivity index (χ3n) is 2.73. The van der Waals surface area contributed by atoms with Gasteiger partial charge in [-0.3, -0.25) is 4.72 Å². The third kappa shape index (κ3) is 3.03. The molecule has 21 heavy (non-hydrogen) atoms. The van der Waals surface area contributed by atoms with Crippen molar-refractivity contribution < 1.29 is 17.3 Å². The molecule has 1 heterocycles. The Morgan fingerprint density at radius 3 is 2.57 bits per heavy atom. The minimum atomic E-state index is -4.00. The summed E-state index contributed by atoms with van der Waals surface area (Å²) >= 11 is 4.73. The van der Waals surface area contributed by atoms with E-state index < -0.39 is 15.8 Å². The van der Waals surface area contributed by atoms with Gasteiger partial charge < -0.3 is 10.3 Å². The Balaban J connectivity index is 2.40. The lowest BCUT2D eigenvalue weighted by molar-refractivity contribution is 0.390. The number of anilines is 1. The number of sulfonamides is 1. The summed E-state index contributed by atoms with van der Waals surface area (Å²) < 4.78 is 45.4. The highest BCUT2D eigenvalue weighted by Crippen LogP contribution is 2.24. The van der Waals surface area contributed by atoms with Crippen molar-refractivity contribution in [2.24, 2.45) is 5.73 Å². The van der Waals surface area contributed by atoms with E-state index in [0.717, 1.165) is 6.07 Å². The summed E-state index contributed by atoms with van der Waals surface area (Å²) in [5, 5.41) is 3.56. The van der Waals surface area contributed by atoms with Gasteiger partial charge in [0.05, 0.1) is 5.69 Å². The Hall–Kier alpha value is -2.00. The highest BCUT2D eigenvalue weighted by atomic mass is 32.2. The molecule has 0 saturated carbocycles. The van der Waals surface area contributed by atoms with Crippen LogP contribution < -0.4 is 10.5 Å². The van der Waals surface area contributed by atoms with Crippen LogP contribution in [-0.4, -0.2) is 18.6 Å². The number of hydrogen-bond donors (Lipinski definition) is 2. The molecular weight excluding hydrogens is 317 g/mol. The molecule has 0 aliphatic heterocycles. The zero-order valence-corrected chi connectivity index (χ0v) is 12.8. The highest BCUT2D eigenvalue weighted by molar-refractivity contribution is 7.92. The Kier molecular flexibility index (Phi) is 3.97. The van der Waals surface area contributed by atoms with Gasteiger partial charge in [0.15, 0.2) is 10.7 Å². The molecule has 6 nitrogen and oxygen atoms in total. The van der Waals surface area contributed by atoms with E-state index >= 15 is 0 Å². The van der Waals surface area contributed by atoms with E-state index in [0.29, 0.717) is 5.56 Å². The molecule has 0 atom stereocenters. The van der Waals surface area contributed by atoms with Gasteiger partial charge in [0.2, 0.25) is 0 Å². The monoisotopic (exact) mass is 329 g/mol. The van der Waals surface area contributed by atoms with Crippen LogP contribution in [0.5, 0.6) is 0 Å². The van der Waals surface area contributed by atoms with Crippen LogP contribution in [0.3, 0.4) is 0 Å². The second kappa shape index (κ2) is 5.41. The van der Waals surface area contributed by atoms with Gasteiger partial charge in [0.1, 0.15) is 16.5 Å². The van der Waals surface area contributed by atoms with Crippen LogP contribution in [0.1, 0.15) is 17.0 Å². The van der Waals surface area contributed by atoms with Crippen molar-refractivity contribution in [2.75, 3.05) is 4.72 Å². The lowest BCUT2D eigenvalue weighted by Gasteiger charge is -2.09. The van der Waals surface area contributed by atoms with Gasteiger partial charge in [0, 0.05) is 5.56 Å². The number of rotatable bonds is 4. The number of thiocarbonyl (C=S) groups is 1. The fraction of sp³-hybridized carbons (Fsp3) is 0.167. The molecule has 0 amide bonds. The molecule has 0 saturated heterocycles. The Morgan fingerprint density at radius 2 is 2.10 bits per heavy atom.